The van der Waals surface area contributed by atoms with Gasteiger partial charge in [-0.3, -0.25) is 0 Å². The Morgan fingerprint density at radius 3 is 1.50 bits per heavy atom. The lowest BCUT2D eigenvalue weighted by Gasteiger charge is -2.11. The number of rotatable bonds is 6. The second-order valence-corrected chi connectivity index (χ2v) is 7.46. The van der Waals surface area contributed by atoms with E-state index in [2.05, 4.69) is 29.0 Å². The third-order valence-corrected chi connectivity index (χ3v) is 5.83. The molecule has 0 bridgehead atoms. The summed E-state index contributed by atoms with van der Waals surface area (Å²) < 4.78 is 14.1. The summed E-state index contributed by atoms with van der Waals surface area (Å²) in [6.45, 7) is 0. The van der Waals surface area contributed by atoms with Crippen molar-refractivity contribution in [3.05, 3.63) is 77.8 Å². The van der Waals surface area contributed by atoms with Gasteiger partial charge in [0, 0.05) is 5.02 Å². The van der Waals surface area contributed by atoms with Crippen LogP contribution in [0.2, 0.25) is 5.02 Å². The maximum atomic E-state index is 6.00. The lowest BCUT2D eigenvalue weighted by Crippen LogP contribution is -3.00. The van der Waals surface area contributed by atoms with Crippen molar-refractivity contribution in [2.24, 2.45) is 0 Å². The Hall–Kier alpha value is -2.01. The first kappa shape index (κ1) is 20.3. The molecule has 0 fully saturated rings. The average Bonchev–Trinajstić information content (AvgIpc) is 2.68. The van der Waals surface area contributed by atoms with E-state index in [-0.39, 0.29) is 23.5 Å². The van der Waals surface area contributed by atoms with Crippen LogP contribution in [0.15, 0.2) is 82.6 Å². The summed E-state index contributed by atoms with van der Waals surface area (Å²) in [4.78, 5) is 2.34. The van der Waals surface area contributed by atoms with E-state index in [1.807, 2.05) is 48.5 Å². The Balaban J connectivity index is 0.00000243. The largest absolute Gasteiger partial charge is 1.00 e. The lowest BCUT2D eigenvalue weighted by atomic mass is 10.3. The number of hydrogen-bond donors (Lipinski definition) is 1. The fourth-order valence-corrected chi connectivity index (χ4v) is 4.14. The van der Waals surface area contributed by atoms with Gasteiger partial charge in [0.05, 0.1) is 19.9 Å². The normalized spacial score (nSPS) is 10.2. The van der Waals surface area contributed by atoms with Crippen molar-refractivity contribution in [3.8, 4) is 11.5 Å². The quantitative estimate of drug-likeness (QED) is 0.636. The van der Waals surface area contributed by atoms with Crippen LogP contribution in [0.3, 0.4) is 0 Å². The van der Waals surface area contributed by atoms with Crippen molar-refractivity contribution >= 4 is 28.4 Å². The zero-order chi connectivity index (χ0) is 17.6. The van der Waals surface area contributed by atoms with E-state index in [1.165, 1.54) is 9.79 Å². The maximum Gasteiger partial charge on any atom is 0.188 e. The van der Waals surface area contributed by atoms with Gasteiger partial charge in [0.1, 0.15) is 11.5 Å². The van der Waals surface area contributed by atoms with Gasteiger partial charge in [-0.1, -0.05) is 11.6 Å². The minimum atomic E-state index is -0.334. The maximum absolute atomic E-state index is 6.00. The highest BCUT2D eigenvalue weighted by molar-refractivity contribution is 7.98. The van der Waals surface area contributed by atoms with Crippen LogP contribution in [-0.4, -0.2) is 14.2 Å². The molecule has 136 valence electrons. The molecule has 0 aliphatic carbocycles. The summed E-state index contributed by atoms with van der Waals surface area (Å²) in [6, 6.07) is 23.9. The Labute approximate surface area is 168 Å². The van der Waals surface area contributed by atoms with Crippen LogP contribution in [-0.2, 0) is 11.1 Å². The zero-order valence-electron chi connectivity index (χ0n) is 14.4. The molecule has 3 nitrogen and oxygen atoms in total. The average molecular weight is 408 g/mol. The number of hydrogen-bond acceptors (Lipinski definition) is 3. The Kier molecular flexibility index (Phi) is 7.51. The van der Waals surface area contributed by atoms with Gasteiger partial charge in [-0.2, -0.15) is 4.72 Å². The fourth-order valence-electron chi connectivity index (χ4n) is 2.31. The highest BCUT2D eigenvalue weighted by atomic mass is 35.5. The summed E-state index contributed by atoms with van der Waals surface area (Å²) in [6.07, 6.45) is 0. The zero-order valence-corrected chi connectivity index (χ0v) is 16.7. The minimum absolute atomic E-state index is 0. The fraction of sp³-hybridized carbons (Fsp3) is 0.100. The van der Waals surface area contributed by atoms with Gasteiger partial charge in [0.25, 0.3) is 0 Å². The summed E-state index contributed by atoms with van der Waals surface area (Å²) >= 11 is 5.66. The van der Waals surface area contributed by atoms with Crippen molar-refractivity contribution in [1.82, 2.24) is 0 Å². The monoisotopic (exact) mass is 407 g/mol. The summed E-state index contributed by atoms with van der Waals surface area (Å²) in [7, 11) is 3.34. The number of methoxy groups -OCH3 is 2. The van der Waals surface area contributed by atoms with Crippen molar-refractivity contribution in [3.63, 3.8) is 0 Å². The SMILES string of the molecule is COc1ccc([S+](Nc2ccc(Cl)cc2)c2ccc(OC)cc2)cc1.[Cl-]. The van der Waals surface area contributed by atoms with Gasteiger partial charge >= 0.3 is 0 Å². The molecule has 0 heterocycles. The molecular formula is C20H19Cl2NO2S. The predicted octanol–water partition coefficient (Wildman–Crippen LogP) is 2.42. The van der Waals surface area contributed by atoms with Crippen LogP contribution >= 0.6 is 11.6 Å². The summed E-state index contributed by atoms with van der Waals surface area (Å²) in [5.41, 5.74) is 1.01. The van der Waals surface area contributed by atoms with Crippen molar-refractivity contribution < 1.29 is 21.9 Å². The van der Waals surface area contributed by atoms with E-state index in [9.17, 15) is 0 Å². The molecule has 3 rings (SSSR count). The number of anilines is 1. The van der Waals surface area contributed by atoms with Gasteiger partial charge in [0.2, 0.25) is 0 Å². The van der Waals surface area contributed by atoms with Crippen LogP contribution in [0.5, 0.6) is 11.5 Å². The van der Waals surface area contributed by atoms with E-state index < -0.39 is 0 Å². The third-order valence-electron chi connectivity index (χ3n) is 3.65. The first-order valence-corrected chi connectivity index (χ1v) is 9.34. The smallest absolute Gasteiger partial charge is 0.188 e. The van der Waals surface area contributed by atoms with E-state index in [0.717, 1.165) is 22.2 Å². The molecule has 3 aromatic rings. The lowest BCUT2D eigenvalue weighted by molar-refractivity contribution is -0.00000553. The molecule has 1 N–H and O–H groups in total. The van der Waals surface area contributed by atoms with Gasteiger partial charge in [-0.15, -0.1) is 0 Å². The van der Waals surface area contributed by atoms with Crippen molar-refractivity contribution in [2.45, 2.75) is 9.79 Å². The molecule has 0 unspecified atom stereocenters. The second kappa shape index (κ2) is 9.62. The number of halogens is 2. The first-order chi connectivity index (χ1) is 12.2. The van der Waals surface area contributed by atoms with Gasteiger partial charge in [-0.25, -0.2) is 0 Å². The molecule has 6 heteroatoms. The molecule has 0 atom stereocenters. The Morgan fingerprint density at radius 2 is 1.12 bits per heavy atom. The Bertz CT molecular complexity index is 761. The summed E-state index contributed by atoms with van der Waals surface area (Å²) in [5, 5.41) is 0.722. The second-order valence-electron chi connectivity index (χ2n) is 5.27. The van der Waals surface area contributed by atoms with Crippen LogP contribution in [0.1, 0.15) is 0 Å². The van der Waals surface area contributed by atoms with Gasteiger partial charge < -0.3 is 21.9 Å². The first-order valence-electron chi connectivity index (χ1n) is 7.74. The van der Waals surface area contributed by atoms with E-state index in [0.29, 0.717) is 0 Å². The molecular weight excluding hydrogens is 389 g/mol. The van der Waals surface area contributed by atoms with Crippen LogP contribution in [0.25, 0.3) is 0 Å². The van der Waals surface area contributed by atoms with E-state index in [4.69, 9.17) is 21.1 Å². The molecule has 0 spiro atoms. The molecule has 0 aliphatic heterocycles. The number of nitrogens with one attached hydrogen (secondary N) is 1. The van der Waals surface area contributed by atoms with Gasteiger partial charge in [-0.05, 0) is 72.8 Å². The molecule has 0 aliphatic rings. The summed E-state index contributed by atoms with van der Waals surface area (Å²) in [5.74, 6) is 1.68. The Morgan fingerprint density at radius 1 is 0.692 bits per heavy atom. The molecule has 3 aromatic carbocycles. The van der Waals surface area contributed by atoms with Crippen LogP contribution in [0, 0.1) is 0 Å². The molecule has 0 amide bonds. The van der Waals surface area contributed by atoms with E-state index in [1.54, 1.807) is 14.2 Å². The highest BCUT2D eigenvalue weighted by Gasteiger charge is 2.26. The standard InChI is InChI=1S/C20H19ClNO2S.ClH/c1-23-17-7-11-19(12-8-17)25(20-13-9-18(24-2)10-14-20)22-16-5-3-15(21)4-6-16;/h3-14,22H,1-2H3;1H/q+1;/p-1. The molecule has 0 radical (unpaired) electrons. The van der Waals surface area contributed by atoms with Gasteiger partial charge in [0.15, 0.2) is 20.9 Å². The van der Waals surface area contributed by atoms with Crippen LogP contribution in [0.4, 0.5) is 5.69 Å². The van der Waals surface area contributed by atoms with Crippen molar-refractivity contribution in [2.75, 3.05) is 18.9 Å². The third kappa shape index (κ3) is 5.01. The molecule has 26 heavy (non-hydrogen) atoms. The predicted molar refractivity (Wildman–Crippen MR) is 105 cm³/mol. The van der Waals surface area contributed by atoms with Crippen molar-refractivity contribution in [1.29, 1.82) is 0 Å². The minimum Gasteiger partial charge on any atom is -1.00 e. The van der Waals surface area contributed by atoms with E-state index >= 15 is 0 Å². The molecule has 0 aromatic heterocycles. The number of ether oxygens (including phenoxy) is 2. The molecule has 0 saturated carbocycles. The highest BCUT2D eigenvalue weighted by Crippen LogP contribution is 2.28. The van der Waals surface area contributed by atoms with Crippen LogP contribution < -0.4 is 26.6 Å². The molecule has 0 saturated heterocycles. The number of benzene rings is 3. The topological polar surface area (TPSA) is 30.5 Å².